The number of hydrogen-bond acceptors (Lipinski definition) is 5. The second-order valence-corrected chi connectivity index (χ2v) is 5.05. The van der Waals surface area contributed by atoms with E-state index in [4.69, 9.17) is 5.11 Å². The number of thiazole rings is 1. The highest BCUT2D eigenvalue weighted by atomic mass is 32.1. The summed E-state index contributed by atoms with van der Waals surface area (Å²) in [5.74, 6) is 0.619. The van der Waals surface area contributed by atoms with E-state index in [0.717, 1.165) is 10.7 Å². The van der Waals surface area contributed by atoms with Crippen molar-refractivity contribution in [3.05, 3.63) is 43.5 Å². The normalized spacial score (nSPS) is 10.8. The van der Waals surface area contributed by atoms with E-state index in [1.165, 1.54) is 0 Å². The van der Waals surface area contributed by atoms with Crippen LogP contribution in [-0.4, -0.2) is 26.7 Å². The molecule has 0 aromatic carbocycles. The van der Waals surface area contributed by atoms with Crippen molar-refractivity contribution < 1.29 is 5.11 Å². The molecule has 0 aliphatic carbocycles. The molecule has 0 fully saturated rings. The third-order valence-corrected chi connectivity index (χ3v) is 3.59. The second kappa shape index (κ2) is 5.41. The predicted octanol–water partition coefficient (Wildman–Crippen LogP) is 0.969. The van der Waals surface area contributed by atoms with Crippen LogP contribution in [0.5, 0.6) is 0 Å². The first-order valence-electron chi connectivity index (χ1n) is 5.70. The Morgan fingerprint density at radius 1 is 1.39 bits per heavy atom. The standard InChI is InChI=1S/C12H15N3O2S/c1-7-6-18-11(13-7)5-10-14-8(2)9(3-4-16)12(17)15-10/h6,16H,3-5H2,1-2H3,(H,14,15,17). The highest BCUT2D eigenvalue weighted by Gasteiger charge is 2.09. The van der Waals surface area contributed by atoms with Gasteiger partial charge in [0.15, 0.2) is 0 Å². The van der Waals surface area contributed by atoms with Crippen LogP contribution in [0, 0.1) is 13.8 Å². The van der Waals surface area contributed by atoms with Crippen LogP contribution in [0.2, 0.25) is 0 Å². The summed E-state index contributed by atoms with van der Waals surface area (Å²) < 4.78 is 0. The smallest absolute Gasteiger partial charge is 0.254 e. The van der Waals surface area contributed by atoms with E-state index >= 15 is 0 Å². The molecule has 2 heterocycles. The molecule has 0 atom stereocenters. The zero-order valence-electron chi connectivity index (χ0n) is 10.4. The van der Waals surface area contributed by atoms with E-state index in [1.54, 1.807) is 18.3 Å². The molecule has 0 bridgehead atoms. The van der Waals surface area contributed by atoms with Crippen molar-refractivity contribution in [3.8, 4) is 0 Å². The van der Waals surface area contributed by atoms with Crippen LogP contribution < -0.4 is 5.56 Å². The molecule has 96 valence electrons. The van der Waals surface area contributed by atoms with Crippen LogP contribution in [0.15, 0.2) is 10.2 Å². The van der Waals surface area contributed by atoms with Crippen LogP contribution in [0.4, 0.5) is 0 Å². The number of aryl methyl sites for hydroxylation is 2. The lowest BCUT2D eigenvalue weighted by atomic mass is 10.2. The van der Waals surface area contributed by atoms with Gasteiger partial charge >= 0.3 is 0 Å². The van der Waals surface area contributed by atoms with Crippen LogP contribution in [-0.2, 0) is 12.8 Å². The first kappa shape index (κ1) is 12.9. The highest BCUT2D eigenvalue weighted by Crippen LogP contribution is 2.12. The van der Waals surface area contributed by atoms with Crippen LogP contribution in [0.25, 0.3) is 0 Å². The number of aliphatic hydroxyl groups excluding tert-OH is 1. The van der Waals surface area contributed by atoms with Gasteiger partial charge in [-0.1, -0.05) is 0 Å². The van der Waals surface area contributed by atoms with E-state index in [-0.39, 0.29) is 12.2 Å². The lowest BCUT2D eigenvalue weighted by molar-refractivity contribution is 0.298. The summed E-state index contributed by atoms with van der Waals surface area (Å²) >= 11 is 1.56. The van der Waals surface area contributed by atoms with Gasteiger partial charge in [-0.2, -0.15) is 0 Å². The lowest BCUT2D eigenvalue weighted by Crippen LogP contribution is -2.20. The third kappa shape index (κ3) is 2.83. The number of nitrogens with zero attached hydrogens (tertiary/aromatic N) is 2. The molecule has 2 aromatic heterocycles. The highest BCUT2D eigenvalue weighted by molar-refractivity contribution is 7.09. The first-order chi connectivity index (χ1) is 8.60. The average Bonchev–Trinajstić information content (AvgIpc) is 2.69. The number of nitrogens with one attached hydrogen (secondary N) is 1. The van der Waals surface area contributed by atoms with Gasteiger partial charge < -0.3 is 10.1 Å². The minimum Gasteiger partial charge on any atom is -0.396 e. The molecule has 2 rings (SSSR count). The molecular weight excluding hydrogens is 250 g/mol. The zero-order valence-corrected chi connectivity index (χ0v) is 11.2. The second-order valence-electron chi connectivity index (χ2n) is 4.11. The van der Waals surface area contributed by atoms with E-state index in [1.807, 2.05) is 12.3 Å². The summed E-state index contributed by atoms with van der Waals surface area (Å²) in [6.07, 6.45) is 0.874. The molecule has 6 heteroatoms. The van der Waals surface area contributed by atoms with E-state index in [0.29, 0.717) is 29.9 Å². The fourth-order valence-corrected chi connectivity index (χ4v) is 2.56. The summed E-state index contributed by atoms with van der Waals surface area (Å²) in [4.78, 5) is 23.3. The maximum absolute atomic E-state index is 11.8. The number of aromatic nitrogens is 3. The Kier molecular flexibility index (Phi) is 3.88. The predicted molar refractivity (Wildman–Crippen MR) is 70.0 cm³/mol. The topological polar surface area (TPSA) is 78.9 Å². The Morgan fingerprint density at radius 3 is 2.72 bits per heavy atom. The van der Waals surface area contributed by atoms with Gasteiger partial charge in [0.2, 0.25) is 0 Å². The maximum atomic E-state index is 11.8. The summed E-state index contributed by atoms with van der Waals surface area (Å²) in [6, 6.07) is 0. The average molecular weight is 265 g/mol. The Labute approximate surface area is 109 Å². The van der Waals surface area contributed by atoms with Crippen molar-refractivity contribution in [1.29, 1.82) is 0 Å². The summed E-state index contributed by atoms with van der Waals surface area (Å²) in [7, 11) is 0. The molecule has 0 saturated heterocycles. The minimum atomic E-state index is -0.167. The first-order valence-corrected chi connectivity index (χ1v) is 6.58. The molecular formula is C12H15N3O2S. The van der Waals surface area contributed by atoms with E-state index in [9.17, 15) is 4.79 Å². The Bertz CT molecular complexity index is 604. The lowest BCUT2D eigenvalue weighted by Gasteiger charge is -2.04. The fraction of sp³-hybridized carbons (Fsp3) is 0.417. The molecule has 0 aliphatic heterocycles. The molecule has 0 saturated carbocycles. The molecule has 18 heavy (non-hydrogen) atoms. The molecule has 2 N–H and O–H groups in total. The van der Waals surface area contributed by atoms with Crippen molar-refractivity contribution >= 4 is 11.3 Å². The Morgan fingerprint density at radius 2 is 2.17 bits per heavy atom. The van der Waals surface area contributed by atoms with Crippen LogP contribution in [0.3, 0.4) is 0 Å². The van der Waals surface area contributed by atoms with Gasteiger partial charge in [-0.05, 0) is 13.8 Å². The number of rotatable bonds is 4. The largest absolute Gasteiger partial charge is 0.396 e. The molecule has 0 aliphatic rings. The molecule has 0 unspecified atom stereocenters. The molecule has 2 aromatic rings. The van der Waals surface area contributed by atoms with E-state index < -0.39 is 0 Å². The quantitative estimate of drug-likeness (QED) is 0.863. The monoisotopic (exact) mass is 265 g/mol. The van der Waals surface area contributed by atoms with Gasteiger partial charge in [0.05, 0.1) is 6.42 Å². The molecule has 0 spiro atoms. The van der Waals surface area contributed by atoms with Crippen LogP contribution >= 0.6 is 11.3 Å². The van der Waals surface area contributed by atoms with Gasteiger partial charge in [-0.3, -0.25) is 4.79 Å². The summed E-state index contributed by atoms with van der Waals surface area (Å²) in [5, 5.41) is 11.8. The van der Waals surface area contributed by atoms with Crippen molar-refractivity contribution in [3.63, 3.8) is 0 Å². The Hall–Kier alpha value is -1.53. The van der Waals surface area contributed by atoms with Gasteiger partial charge in [0.1, 0.15) is 10.8 Å². The van der Waals surface area contributed by atoms with Crippen molar-refractivity contribution in [1.82, 2.24) is 15.0 Å². The number of H-pyrrole nitrogens is 1. The number of hydrogen-bond donors (Lipinski definition) is 2. The Balaban J connectivity index is 2.28. The van der Waals surface area contributed by atoms with Gasteiger partial charge in [0, 0.05) is 35.4 Å². The van der Waals surface area contributed by atoms with Crippen molar-refractivity contribution in [2.45, 2.75) is 26.7 Å². The third-order valence-electron chi connectivity index (χ3n) is 2.62. The molecule has 0 amide bonds. The summed E-state index contributed by atoms with van der Waals surface area (Å²) in [5.41, 5.74) is 2.04. The SMILES string of the molecule is Cc1csc(Cc2nc(C)c(CCO)c(=O)[nH]2)n1. The maximum Gasteiger partial charge on any atom is 0.254 e. The van der Waals surface area contributed by atoms with Gasteiger partial charge in [-0.25, -0.2) is 9.97 Å². The van der Waals surface area contributed by atoms with Crippen molar-refractivity contribution in [2.75, 3.05) is 6.61 Å². The van der Waals surface area contributed by atoms with Crippen LogP contribution in [0.1, 0.15) is 27.8 Å². The molecule has 0 radical (unpaired) electrons. The van der Waals surface area contributed by atoms with Gasteiger partial charge in [0.25, 0.3) is 5.56 Å². The number of aromatic amines is 1. The zero-order chi connectivity index (χ0) is 13.1. The van der Waals surface area contributed by atoms with Crippen molar-refractivity contribution in [2.24, 2.45) is 0 Å². The van der Waals surface area contributed by atoms with E-state index in [2.05, 4.69) is 15.0 Å². The van der Waals surface area contributed by atoms with Gasteiger partial charge in [-0.15, -0.1) is 11.3 Å². The summed E-state index contributed by atoms with van der Waals surface area (Å²) in [6.45, 7) is 3.68. The molecule has 5 nitrogen and oxygen atoms in total. The number of aliphatic hydroxyl groups is 1. The fourth-order valence-electron chi connectivity index (χ4n) is 1.79. The minimum absolute atomic E-state index is 0.0450.